The van der Waals surface area contributed by atoms with Crippen molar-refractivity contribution in [2.45, 2.75) is 82.7 Å². The summed E-state index contributed by atoms with van der Waals surface area (Å²) < 4.78 is 0. The number of hydrogen-bond acceptors (Lipinski definition) is 2. The molecule has 112 valence electrons. The molecule has 0 aromatic carbocycles. The van der Waals surface area contributed by atoms with Gasteiger partial charge in [-0.15, -0.1) is 0 Å². The van der Waals surface area contributed by atoms with Gasteiger partial charge in [-0.3, -0.25) is 0 Å². The summed E-state index contributed by atoms with van der Waals surface area (Å²) in [5, 5.41) is 3.92. The summed E-state index contributed by atoms with van der Waals surface area (Å²) in [6.45, 7) is 3.56. The Morgan fingerprint density at radius 2 is 1.63 bits per heavy atom. The van der Waals surface area contributed by atoms with Crippen molar-refractivity contribution in [1.29, 1.82) is 0 Å². The van der Waals surface area contributed by atoms with Crippen molar-refractivity contribution < 1.29 is 0 Å². The molecular weight excluding hydrogens is 232 g/mol. The minimum atomic E-state index is 0.444. The molecule has 0 aliphatic heterocycles. The molecule has 2 aliphatic carbocycles. The Morgan fingerprint density at radius 3 is 2.16 bits per heavy atom. The van der Waals surface area contributed by atoms with E-state index in [0.29, 0.717) is 5.54 Å². The average molecular weight is 266 g/mol. The number of nitrogens with zero attached hydrogens (tertiary/aromatic N) is 1. The second-order valence-corrected chi connectivity index (χ2v) is 7.19. The van der Waals surface area contributed by atoms with Crippen molar-refractivity contribution in [3.8, 4) is 0 Å². The predicted octanol–water partition coefficient (Wildman–Crippen LogP) is 3.81. The van der Waals surface area contributed by atoms with Crippen LogP contribution in [0.25, 0.3) is 0 Å². The summed E-state index contributed by atoms with van der Waals surface area (Å²) in [5.74, 6) is 1.01. The predicted molar refractivity (Wildman–Crippen MR) is 83.5 cm³/mol. The lowest BCUT2D eigenvalue weighted by molar-refractivity contribution is 0.0917. The zero-order chi connectivity index (χ0) is 13.7. The highest BCUT2D eigenvalue weighted by atomic mass is 15.2. The van der Waals surface area contributed by atoms with E-state index in [1.54, 1.807) is 0 Å². The zero-order valence-electron chi connectivity index (χ0n) is 13.4. The molecule has 2 saturated carbocycles. The van der Waals surface area contributed by atoms with Crippen molar-refractivity contribution in [3.63, 3.8) is 0 Å². The third-order valence-corrected chi connectivity index (χ3v) is 5.88. The fourth-order valence-corrected chi connectivity index (χ4v) is 4.10. The first-order valence-corrected chi connectivity index (χ1v) is 8.57. The van der Waals surface area contributed by atoms with Gasteiger partial charge in [0.25, 0.3) is 0 Å². The molecule has 19 heavy (non-hydrogen) atoms. The van der Waals surface area contributed by atoms with Gasteiger partial charge in [-0.1, -0.05) is 32.6 Å². The molecule has 0 aromatic rings. The molecule has 2 aliphatic rings. The van der Waals surface area contributed by atoms with Gasteiger partial charge >= 0.3 is 0 Å². The van der Waals surface area contributed by atoms with Crippen molar-refractivity contribution in [2.75, 3.05) is 20.6 Å². The molecule has 2 rings (SSSR count). The Labute approximate surface area is 120 Å². The van der Waals surface area contributed by atoms with Crippen molar-refractivity contribution in [3.05, 3.63) is 0 Å². The van der Waals surface area contributed by atoms with Crippen LogP contribution in [-0.2, 0) is 0 Å². The molecule has 2 nitrogen and oxygen atoms in total. The number of rotatable bonds is 5. The maximum atomic E-state index is 3.92. The quantitative estimate of drug-likeness (QED) is 0.814. The van der Waals surface area contributed by atoms with Crippen LogP contribution in [0.15, 0.2) is 0 Å². The van der Waals surface area contributed by atoms with E-state index >= 15 is 0 Å². The topological polar surface area (TPSA) is 15.3 Å². The summed E-state index contributed by atoms with van der Waals surface area (Å²) in [4.78, 5) is 2.50. The summed E-state index contributed by atoms with van der Waals surface area (Å²) in [5.41, 5.74) is 0.444. The normalized spacial score (nSPS) is 31.6. The Kier molecular flexibility index (Phi) is 5.70. The molecular formula is C17H34N2. The molecule has 0 unspecified atom stereocenters. The standard InChI is InChI=1S/C17H34N2/c1-4-15-8-10-16(11-9-15)18-14-17(19(2)3)12-6-5-7-13-17/h15-16,18H,4-14H2,1-3H3. The molecule has 0 heterocycles. The lowest BCUT2D eigenvalue weighted by Crippen LogP contribution is -2.54. The van der Waals surface area contributed by atoms with Crippen molar-refractivity contribution in [1.82, 2.24) is 10.2 Å². The lowest BCUT2D eigenvalue weighted by Gasteiger charge is -2.44. The summed E-state index contributed by atoms with van der Waals surface area (Å²) >= 11 is 0. The molecule has 0 atom stereocenters. The second kappa shape index (κ2) is 7.08. The molecule has 0 radical (unpaired) electrons. The number of likely N-dealkylation sites (N-methyl/N-ethyl adjacent to an activating group) is 1. The largest absolute Gasteiger partial charge is 0.312 e. The molecule has 2 heteroatoms. The van der Waals surface area contributed by atoms with Gasteiger partial charge in [0, 0.05) is 18.1 Å². The summed E-state index contributed by atoms with van der Waals surface area (Å²) in [6.07, 6.45) is 14.1. The Morgan fingerprint density at radius 1 is 1.00 bits per heavy atom. The van der Waals surface area contributed by atoms with Gasteiger partial charge in [-0.05, 0) is 58.5 Å². The second-order valence-electron chi connectivity index (χ2n) is 7.19. The SMILES string of the molecule is CCC1CCC(NCC2(N(C)C)CCCCC2)CC1. The molecule has 0 saturated heterocycles. The molecule has 0 amide bonds. The van der Waals surface area contributed by atoms with Gasteiger partial charge < -0.3 is 10.2 Å². The Balaban J connectivity index is 1.79. The van der Waals surface area contributed by atoms with Crippen LogP contribution in [0.3, 0.4) is 0 Å². The smallest absolute Gasteiger partial charge is 0.0327 e. The molecule has 0 aromatic heterocycles. The van der Waals surface area contributed by atoms with E-state index in [4.69, 9.17) is 0 Å². The van der Waals surface area contributed by atoms with E-state index in [0.717, 1.165) is 12.0 Å². The van der Waals surface area contributed by atoms with Gasteiger partial charge in [-0.2, -0.15) is 0 Å². The highest BCUT2D eigenvalue weighted by molar-refractivity contribution is 4.94. The molecule has 2 fully saturated rings. The van der Waals surface area contributed by atoms with Gasteiger partial charge in [0.15, 0.2) is 0 Å². The van der Waals surface area contributed by atoms with E-state index in [-0.39, 0.29) is 0 Å². The van der Waals surface area contributed by atoms with Crippen LogP contribution in [0.4, 0.5) is 0 Å². The maximum Gasteiger partial charge on any atom is 0.0327 e. The first-order chi connectivity index (χ1) is 9.16. The average Bonchev–Trinajstić information content (AvgIpc) is 2.46. The summed E-state index contributed by atoms with van der Waals surface area (Å²) in [7, 11) is 4.56. The van der Waals surface area contributed by atoms with Crippen molar-refractivity contribution >= 4 is 0 Å². The van der Waals surface area contributed by atoms with Crippen LogP contribution in [0.2, 0.25) is 0 Å². The third-order valence-electron chi connectivity index (χ3n) is 5.88. The van der Waals surface area contributed by atoms with E-state index in [1.807, 2.05) is 0 Å². The summed E-state index contributed by atoms with van der Waals surface area (Å²) in [6, 6.07) is 0.793. The minimum absolute atomic E-state index is 0.444. The lowest BCUT2D eigenvalue weighted by atomic mass is 9.79. The fraction of sp³-hybridized carbons (Fsp3) is 1.00. The zero-order valence-corrected chi connectivity index (χ0v) is 13.4. The van der Waals surface area contributed by atoms with E-state index in [2.05, 4.69) is 31.2 Å². The van der Waals surface area contributed by atoms with E-state index < -0.39 is 0 Å². The van der Waals surface area contributed by atoms with Gasteiger partial charge in [0.2, 0.25) is 0 Å². The van der Waals surface area contributed by atoms with Crippen LogP contribution in [0.1, 0.15) is 71.1 Å². The van der Waals surface area contributed by atoms with Crippen LogP contribution in [-0.4, -0.2) is 37.1 Å². The number of nitrogens with one attached hydrogen (secondary N) is 1. The van der Waals surface area contributed by atoms with E-state index in [1.165, 1.54) is 70.8 Å². The first kappa shape index (κ1) is 15.3. The highest BCUT2D eigenvalue weighted by Crippen LogP contribution is 2.32. The van der Waals surface area contributed by atoms with Crippen molar-refractivity contribution in [2.24, 2.45) is 5.92 Å². The fourth-order valence-electron chi connectivity index (χ4n) is 4.10. The van der Waals surface area contributed by atoms with Crippen LogP contribution in [0.5, 0.6) is 0 Å². The van der Waals surface area contributed by atoms with Crippen LogP contribution in [0, 0.1) is 5.92 Å². The number of hydrogen-bond donors (Lipinski definition) is 1. The first-order valence-electron chi connectivity index (χ1n) is 8.57. The van der Waals surface area contributed by atoms with Gasteiger partial charge in [0.1, 0.15) is 0 Å². The van der Waals surface area contributed by atoms with Gasteiger partial charge in [-0.25, -0.2) is 0 Å². The van der Waals surface area contributed by atoms with Crippen LogP contribution < -0.4 is 5.32 Å². The van der Waals surface area contributed by atoms with E-state index in [9.17, 15) is 0 Å². The maximum absolute atomic E-state index is 3.92. The molecule has 1 N–H and O–H groups in total. The third kappa shape index (κ3) is 3.95. The van der Waals surface area contributed by atoms with Gasteiger partial charge in [0.05, 0.1) is 0 Å². The Bertz CT molecular complexity index is 248. The molecule has 0 spiro atoms. The minimum Gasteiger partial charge on any atom is -0.312 e. The Hall–Kier alpha value is -0.0800. The van der Waals surface area contributed by atoms with Crippen LogP contribution >= 0.6 is 0 Å². The monoisotopic (exact) mass is 266 g/mol. The highest BCUT2D eigenvalue weighted by Gasteiger charge is 2.34. The molecule has 0 bridgehead atoms.